The number of thiophene rings is 1. The van der Waals surface area contributed by atoms with E-state index in [9.17, 15) is 9.59 Å². The Hall–Kier alpha value is -2.58. The van der Waals surface area contributed by atoms with Crippen LogP contribution in [0.15, 0.2) is 29.6 Å². The maximum atomic E-state index is 13.5. The van der Waals surface area contributed by atoms with Crippen molar-refractivity contribution in [1.29, 1.82) is 0 Å². The normalized spacial score (nSPS) is 13.6. The maximum Gasteiger partial charge on any atom is 0.242 e. The minimum Gasteiger partial charge on any atom is -0.493 e. The molecule has 1 fully saturated rings. The molecule has 2 heterocycles. The van der Waals surface area contributed by atoms with E-state index >= 15 is 0 Å². The van der Waals surface area contributed by atoms with Crippen LogP contribution in [0, 0.1) is 6.92 Å². The predicted octanol–water partition coefficient (Wildman–Crippen LogP) is 3.98. The molecule has 3 rings (SSSR count). The highest BCUT2D eigenvalue weighted by molar-refractivity contribution is 7.10. The van der Waals surface area contributed by atoms with Crippen molar-refractivity contribution in [3.05, 3.63) is 45.6 Å². The third-order valence-corrected chi connectivity index (χ3v) is 7.65. The van der Waals surface area contributed by atoms with Crippen LogP contribution < -0.4 is 9.47 Å². The Balaban J connectivity index is 1.71. The van der Waals surface area contributed by atoms with E-state index in [1.807, 2.05) is 30.0 Å². The molecular weight excluding hydrogens is 462 g/mol. The van der Waals surface area contributed by atoms with Crippen molar-refractivity contribution in [2.24, 2.45) is 0 Å². The van der Waals surface area contributed by atoms with E-state index in [1.54, 1.807) is 30.5 Å². The number of hydrogen-bond donors (Lipinski definition) is 0. The van der Waals surface area contributed by atoms with E-state index in [-0.39, 0.29) is 18.4 Å². The van der Waals surface area contributed by atoms with Crippen molar-refractivity contribution in [3.8, 4) is 11.5 Å². The fourth-order valence-electron chi connectivity index (χ4n) is 4.38. The van der Waals surface area contributed by atoms with Gasteiger partial charge < -0.3 is 24.2 Å². The highest BCUT2D eigenvalue weighted by Crippen LogP contribution is 2.28. The highest BCUT2D eigenvalue weighted by Gasteiger charge is 2.23. The van der Waals surface area contributed by atoms with Crippen LogP contribution in [0.25, 0.3) is 0 Å². The predicted molar refractivity (Wildman–Crippen MR) is 140 cm³/mol. The van der Waals surface area contributed by atoms with Crippen LogP contribution in [0.1, 0.15) is 42.2 Å². The van der Waals surface area contributed by atoms with Crippen LogP contribution >= 0.6 is 11.3 Å². The molecule has 0 radical (unpaired) electrons. The summed E-state index contributed by atoms with van der Waals surface area (Å²) in [5.41, 5.74) is 2.26. The molecule has 2 aromatic rings. The molecule has 1 saturated heterocycles. The topological polar surface area (TPSA) is 62.3 Å². The van der Waals surface area contributed by atoms with Gasteiger partial charge in [0.25, 0.3) is 0 Å². The number of aryl methyl sites for hydroxylation is 1. The summed E-state index contributed by atoms with van der Waals surface area (Å²) in [6.45, 7) is 8.76. The Morgan fingerprint density at radius 2 is 1.74 bits per heavy atom. The number of methoxy groups -OCH3 is 2. The minimum atomic E-state index is -0.0125. The van der Waals surface area contributed by atoms with Crippen molar-refractivity contribution >= 4 is 23.2 Å². The van der Waals surface area contributed by atoms with Crippen LogP contribution in [0.2, 0.25) is 0 Å². The summed E-state index contributed by atoms with van der Waals surface area (Å²) in [6, 6.07) is 7.94. The molecule has 1 aliphatic rings. The number of nitrogens with zero attached hydrogens (tertiary/aromatic N) is 3. The Labute approximate surface area is 213 Å². The van der Waals surface area contributed by atoms with E-state index < -0.39 is 0 Å². The van der Waals surface area contributed by atoms with Crippen molar-refractivity contribution in [2.75, 3.05) is 53.5 Å². The number of likely N-dealkylation sites (tertiary alicyclic amines) is 1. The molecule has 192 valence electrons. The van der Waals surface area contributed by atoms with Crippen LogP contribution in [0.4, 0.5) is 0 Å². The van der Waals surface area contributed by atoms with Gasteiger partial charge in [-0.05, 0) is 74.0 Å². The van der Waals surface area contributed by atoms with E-state index in [4.69, 9.17) is 9.47 Å². The van der Waals surface area contributed by atoms with Gasteiger partial charge in [0.05, 0.1) is 27.3 Å². The number of ether oxygens (including phenoxy) is 2. The second-order valence-electron chi connectivity index (χ2n) is 9.00. The van der Waals surface area contributed by atoms with E-state index in [0.717, 1.165) is 25.2 Å². The molecule has 35 heavy (non-hydrogen) atoms. The summed E-state index contributed by atoms with van der Waals surface area (Å²) in [5, 5.41) is 2.06. The van der Waals surface area contributed by atoms with Crippen molar-refractivity contribution in [2.45, 2.75) is 46.1 Å². The molecule has 7 nitrogen and oxygen atoms in total. The quantitative estimate of drug-likeness (QED) is 0.416. The van der Waals surface area contributed by atoms with Gasteiger partial charge in [-0.3, -0.25) is 9.59 Å². The molecule has 0 N–H and O–H groups in total. The summed E-state index contributed by atoms with van der Waals surface area (Å²) >= 11 is 1.67. The average Bonchev–Trinajstić information content (AvgIpc) is 3.55. The van der Waals surface area contributed by atoms with E-state index in [1.165, 1.54) is 23.3 Å². The van der Waals surface area contributed by atoms with Crippen LogP contribution in [0.5, 0.6) is 11.5 Å². The SMILES string of the molecule is CCC(=O)N(CCN1CCCC1)CC(=O)N(CCc1ccc(OC)c(OC)c1)Cc1sccc1C. The second kappa shape index (κ2) is 13.5. The van der Waals surface area contributed by atoms with Gasteiger partial charge in [0.2, 0.25) is 11.8 Å². The molecule has 1 aromatic heterocycles. The zero-order chi connectivity index (χ0) is 25.2. The van der Waals surface area contributed by atoms with Gasteiger partial charge in [0.1, 0.15) is 0 Å². The van der Waals surface area contributed by atoms with E-state index in [2.05, 4.69) is 23.3 Å². The third-order valence-electron chi connectivity index (χ3n) is 6.64. The lowest BCUT2D eigenvalue weighted by atomic mass is 10.1. The molecular formula is C27H39N3O4S. The van der Waals surface area contributed by atoms with Crippen molar-refractivity contribution < 1.29 is 19.1 Å². The Kier molecular flexibility index (Phi) is 10.4. The first-order chi connectivity index (χ1) is 16.9. The summed E-state index contributed by atoms with van der Waals surface area (Å²) < 4.78 is 10.8. The number of rotatable bonds is 13. The molecule has 0 spiro atoms. The lowest BCUT2D eigenvalue weighted by Crippen LogP contribution is -2.45. The Bertz CT molecular complexity index is 971. The lowest BCUT2D eigenvalue weighted by Gasteiger charge is -2.29. The maximum absolute atomic E-state index is 13.5. The monoisotopic (exact) mass is 501 g/mol. The summed E-state index contributed by atoms with van der Waals surface area (Å²) in [6.07, 6.45) is 3.52. The average molecular weight is 502 g/mol. The molecule has 1 aliphatic heterocycles. The van der Waals surface area contributed by atoms with Gasteiger partial charge in [0.15, 0.2) is 11.5 Å². The largest absolute Gasteiger partial charge is 0.493 e. The standard InChI is InChI=1S/C27H39N3O4S/c1-5-26(31)30(16-15-28-12-6-7-13-28)20-27(32)29(19-25-21(2)11-17-35-25)14-10-22-8-9-23(33-3)24(18-22)34-4/h8-9,11,17-18H,5-7,10,12-16,19-20H2,1-4H3. The van der Waals surface area contributed by atoms with Crippen LogP contribution in [-0.4, -0.2) is 80.0 Å². The fraction of sp³-hybridized carbons (Fsp3) is 0.556. The molecule has 1 aromatic carbocycles. The van der Waals surface area contributed by atoms with E-state index in [0.29, 0.717) is 44.0 Å². The highest BCUT2D eigenvalue weighted by atomic mass is 32.1. The first-order valence-corrected chi connectivity index (χ1v) is 13.3. The van der Waals surface area contributed by atoms with Gasteiger partial charge in [-0.25, -0.2) is 0 Å². The first kappa shape index (κ1) is 27.0. The molecule has 0 saturated carbocycles. The van der Waals surface area contributed by atoms with Gasteiger partial charge >= 0.3 is 0 Å². The number of amides is 2. The molecule has 0 unspecified atom stereocenters. The van der Waals surface area contributed by atoms with Gasteiger partial charge in [-0.2, -0.15) is 0 Å². The van der Waals surface area contributed by atoms with Crippen LogP contribution in [0.3, 0.4) is 0 Å². The fourth-order valence-corrected chi connectivity index (χ4v) is 5.30. The number of carbonyl (C=O) groups excluding carboxylic acids is 2. The van der Waals surface area contributed by atoms with Crippen molar-refractivity contribution in [1.82, 2.24) is 14.7 Å². The smallest absolute Gasteiger partial charge is 0.242 e. The van der Waals surface area contributed by atoms with Gasteiger partial charge in [-0.15, -0.1) is 11.3 Å². The van der Waals surface area contributed by atoms with Crippen molar-refractivity contribution in [3.63, 3.8) is 0 Å². The van der Waals surface area contributed by atoms with Crippen LogP contribution in [-0.2, 0) is 22.6 Å². The molecule has 8 heteroatoms. The third kappa shape index (κ3) is 7.70. The second-order valence-corrected chi connectivity index (χ2v) is 10.00. The Morgan fingerprint density at radius 1 is 1.00 bits per heavy atom. The molecule has 0 atom stereocenters. The summed E-state index contributed by atoms with van der Waals surface area (Å²) in [5.74, 6) is 1.38. The minimum absolute atomic E-state index is 0.0125. The molecule has 2 amide bonds. The summed E-state index contributed by atoms with van der Waals surface area (Å²) in [7, 11) is 3.24. The number of benzene rings is 1. The zero-order valence-electron chi connectivity index (χ0n) is 21.5. The first-order valence-electron chi connectivity index (χ1n) is 12.5. The summed E-state index contributed by atoms with van der Waals surface area (Å²) in [4.78, 5) is 33.4. The molecule has 0 aliphatic carbocycles. The van der Waals surface area contributed by atoms with Gasteiger partial charge in [0, 0.05) is 30.9 Å². The Morgan fingerprint density at radius 3 is 2.37 bits per heavy atom. The van der Waals surface area contributed by atoms with Gasteiger partial charge in [-0.1, -0.05) is 13.0 Å². The molecule has 0 bridgehead atoms. The number of carbonyl (C=O) groups is 2. The lowest BCUT2D eigenvalue weighted by molar-refractivity contribution is -0.140. The number of hydrogen-bond acceptors (Lipinski definition) is 6. The zero-order valence-corrected chi connectivity index (χ0v) is 22.4.